The summed E-state index contributed by atoms with van der Waals surface area (Å²) in [7, 11) is 2.05. The average Bonchev–Trinajstić information content (AvgIpc) is 2.84. The monoisotopic (exact) mass is 243 g/mol. The number of aromatic amines is 1. The lowest BCUT2D eigenvalue weighted by Gasteiger charge is -2.27. The first-order chi connectivity index (χ1) is 8.86. The summed E-state index contributed by atoms with van der Waals surface area (Å²) in [5.41, 5.74) is 2.27. The van der Waals surface area contributed by atoms with Gasteiger partial charge in [0.05, 0.1) is 11.0 Å². The van der Waals surface area contributed by atoms with Gasteiger partial charge in [0.2, 0.25) is 0 Å². The van der Waals surface area contributed by atoms with Crippen LogP contribution in [0.25, 0.3) is 11.0 Å². The molecule has 2 aromatic rings. The molecule has 0 amide bonds. The maximum Gasteiger partial charge on any atom is 0.110 e. The zero-order valence-electron chi connectivity index (χ0n) is 10.9. The lowest BCUT2D eigenvalue weighted by molar-refractivity contribution is 0.314. The van der Waals surface area contributed by atoms with Gasteiger partial charge in [-0.15, -0.1) is 0 Å². The molecule has 1 aliphatic rings. The number of rotatable bonds is 3. The van der Waals surface area contributed by atoms with E-state index in [4.69, 9.17) is 4.98 Å². The highest BCUT2D eigenvalue weighted by atomic mass is 14.9. The van der Waals surface area contributed by atoms with E-state index < -0.39 is 0 Å². The van der Waals surface area contributed by atoms with Gasteiger partial charge in [-0.1, -0.05) is 12.1 Å². The molecule has 1 aliphatic carbocycles. The smallest absolute Gasteiger partial charge is 0.110 e. The van der Waals surface area contributed by atoms with E-state index in [-0.39, 0.29) is 0 Å². The Morgan fingerprint density at radius 1 is 1.22 bits per heavy atom. The molecule has 3 rings (SSSR count). The van der Waals surface area contributed by atoms with Crippen LogP contribution in [0, 0.1) is 5.92 Å². The summed E-state index contributed by atoms with van der Waals surface area (Å²) in [4.78, 5) is 8.22. The number of imidazole rings is 1. The van der Waals surface area contributed by atoms with Crippen LogP contribution in [0.2, 0.25) is 0 Å². The number of nitrogens with zero attached hydrogens (tertiary/aromatic N) is 1. The van der Waals surface area contributed by atoms with Gasteiger partial charge in [-0.2, -0.15) is 0 Å². The maximum atomic E-state index is 4.74. The normalized spacial score (nSPS) is 24.5. The Morgan fingerprint density at radius 2 is 2.00 bits per heavy atom. The third-order valence-corrected chi connectivity index (χ3v) is 4.13. The first kappa shape index (κ1) is 11.7. The molecule has 0 bridgehead atoms. The molecular formula is C15H21N3. The third-order valence-electron chi connectivity index (χ3n) is 4.13. The summed E-state index contributed by atoms with van der Waals surface area (Å²) < 4.78 is 0. The SMILES string of the molecule is CNCC1CCC(c2nc3ccccc3[nH]2)CC1. The summed E-state index contributed by atoms with van der Waals surface area (Å²) in [5, 5.41) is 3.29. The van der Waals surface area contributed by atoms with Gasteiger partial charge in [0.15, 0.2) is 0 Å². The number of benzene rings is 1. The molecule has 0 saturated heterocycles. The van der Waals surface area contributed by atoms with Crippen molar-refractivity contribution in [1.29, 1.82) is 0 Å². The van der Waals surface area contributed by atoms with Crippen molar-refractivity contribution in [3.05, 3.63) is 30.1 Å². The molecule has 2 N–H and O–H groups in total. The summed E-state index contributed by atoms with van der Waals surface area (Å²) in [6, 6.07) is 8.31. The number of hydrogen-bond acceptors (Lipinski definition) is 2. The molecule has 1 fully saturated rings. The van der Waals surface area contributed by atoms with Gasteiger partial charge in [-0.05, 0) is 57.3 Å². The highest BCUT2D eigenvalue weighted by molar-refractivity contribution is 5.74. The predicted octanol–water partition coefficient (Wildman–Crippen LogP) is 3.06. The van der Waals surface area contributed by atoms with Crippen LogP contribution in [-0.2, 0) is 0 Å². The van der Waals surface area contributed by atoms with Gasteiger partial charge in [0.1, 0.15) is 5.82 Å². The Kier molecular flexibility index (Phi) is 3.33. The van der Waals surface area contributed by atoms with Crippen LogP contribution in [0.3, 0.4) is 0 Å². The highest BCUT2D eigenvalue weighted by Gasteiger charge is 2.23. The van der Waals surface area contributed by atoms with Crippen LogP contribution >= 0.6 is 0 Å². The topological polar surface area (TPSA) is 40.7 Å². The molecule has 0 atom stereocenters. The quantitative estimate of drug-likeness (QED) is 0.870. The zero-order chi connectivity index (χ0) is 12.4. The number of nitrogens with one attached hydrogen (secondary N) is 2. The molecule has 0 spiro atoms. The van der Waals surface area contributed by atoms with Gasteiger partial charge >= 0.3 is 0 Å². The van der Waals surface area contributed by atoms with E-state index in [0.717, 1.165) is 18.0 Å². The van der Waals surface area contributed by atoms with Gasteiger partial charge < -0.3 is 10.3 Å². The van der Waals surface area contributed by atoms with Crippen molar-refractivity contribution >= 4 is 11.0 Å². The Hall–Kier alpha value is -1.35. The summed E-state index contributed by atoms with van der Waals surface area (Å²) in [5.74, 6) is 2.68. The largest absolute Gasteiger partial charge is 0.342 e. The van der Waals surface area contributed by atoms with Crippen LogP contribution in [0.5, 0.6) is 0 Å². The maximum absolute atomic E-state index is 4.74. The third kappa shape index (κ3) is 2.27. The number of fused-ring (bicyclic) bond motifs is 1. The first-order valence-electron chi connectivity index (χ1n) is 6.96. The van der Waals surface area contributed by atoms with E-state index >= 15 is 0 Å². The van der Waals surface area contributed by atoms with Crippen molar-refractivity contribution in [2.24, 2.45) is 5.92 Å². The van der Waals surface area contributed by atoms with Crippen molar-refractivity contribution in [1.82, 2.24) is 15.3 Å². The van der Waals surface area contributed by atoms with E-state index in [0.29, 0.717) is 5.92 Å². The molecule has 96 valence electrons. The number of aromatic nitrogens is 2. The van der Waals surface area contributed by atoms with Crippen LogP contribution in [0.1, 0.15) is 37.4 Å². The molecule has 0 radical (unpaired) electrons. The highest BCUT2D eigenvalue weighted by Crippen LogP contribution is 2.34. The lowest BCUT2D eigenvalue weighted by Crippen LogP contribution is -2.23. The summed E-state index contributed by atoms with van der Waals surface area (Å²) >= 11 is 0. The Bertz CT molecular complexity index is 476. The summed E-state index contributed by atoms with van der Waals surface area (Å²) in [6.07, 6.45) is 5.18. The van der Waals surface area contributed by atoms with Crippen LogP contribution in [-0.4, -0.2) is 23.6 Å². The zero-order valence-corrected chi connectivity index (χ0v) is 10.9. The molecular weight excluding hydrogens is 222 g/mol. The molecule has 0 unspecified atom stereocenters. The van der Waals surface area contributed by atoms with Gasteiger partial charge in [0.25, 0.3) is 0 Å². The summed E-state index contributed by atoms with van der Waals surface area (Å²) in [6.45, 7) is 1.16. The van der Waals surface area contributed by atoms with Crippen molar-refractivity contribution < 1.29 is 0 Å². The molecule has 18 heavy (non-hydrogen) atoms. The van der Waals surface area contributed by atoms with Crippen LogP contribution < -0.4 is 5.32 Å². The van der Waals surface area contributed by atoms with E-state index in [2.05, 4.69) is 34.6 Å². The Morgan fingerprint density at radius 3 is 2.72 bits per heavy atom. The standard InChI is InChI=1S/C15H21N3/c1-16-10-11-6-8-12(9-7-11)15-17-13-4-2-3-5-14(13)18-15/h2-5,11-12,16H,6-10H2,1H3,(H,17,18). The molecule has 3 nitrogen and oxygen atoms in total. The van der Waals surface area contributed by atoms with E-state index in [1.165, 1.54) is 37.0 Å². The van der Waals surface area contributed by atoms with Gasteiger partial charge in [0, 0.05) is 5.92 Å². The van der Waals surface area contributed by atoms with Crippen LogP contribution in [0.15, 0.2) is 24.3 Å². The molecule has 0 aliphatic heterocycles. The van der Waals surface area contributed by atoms with Crippen molar-refractivity contribution in [2.75, 3.05) is 13.6 Å². The minimum Gasteiger partial charge on any atom is -0.342 e. The number of para-hydroxylation sites is 2. The first-order valence-corrected chi connectivity index (χ1v) is 6.96. The second kappa shape index (κ2) is 5.11. The predicted molar refractivity (Wildman–Crippen MR) is 74.7 cm³/mol. The Labute approximate surface area is 108 Å². The fourth-order valence-corrected chi connectivity index (χ4v) is 3.09. The molecule has 1 aromatic heterocycles. The fraction of sp³-hybridized carbons (Fsp3) is 0.533. The molecule has 3 heteroatoms. The van der Waals surface area contributed by atoms with Crippen molar-refractivity contribution in [3.8, 4) is 0 Å². The Balaban J connectivity index is 1.72. The number of hydrogen-bond donors (Lipinski definition) is 2. The lowest BCUT2D eigenvalue weighted by atomic mass is 9.81. The second-order valence-electron chi connectivity index (χ2n) is 5.41. The van der Waals surface area contributed by atoms with Crippen molar-refractivity contribution in [3.63, 3.8) is 0 Å². The van der Waals surface area contributed by atoms with Crippen LogP contribution in [0.4, 0.5) is 0 Å². The molecule has 1 heterocycles. The van der Waals surface area contributed by atoms with E-state index in [9.17, 15) is 0 Å². The number of H-pyrrole nitrogens is 1. The second-order valence-corrected chi connectivity index (χ2v) is 5.41. The van der Waals surface area contributed by atoms with E-state index in [1.54, 1.807) is 0 Å². The van der Waals surface area contributed by atoms with Gasteiger partial charge in [-0.25, -0.2) is 4.98 Å². The molecule has 1 aromatic carbocycles. The van der Waals surface area contributed by atoms with Gasteiger partial charge in [-0.3, -0.25) is 0 Å². The minimum atomic E-state index is 0.630. The minimum absolute atomic E-state index is 0.630. The molecule has 1 saturated carbocycles. The average molecular weight is 243 g/mol. The van der Waals surface area contributed by atoms with E-state index in [1.807, 2.05) is 7.05 Å². The fourth-order valence-electron chi connectivity index (χ4n) is 3.09. The van der Waals surface area contributed by atoms with Crippen molar-refractivity contribution in [2.45, 2.75) is 31.6 Å².